The molecule has 2 aromatic carbocycles. The number of carboxylic acid groups (broad SMARTS) is 1. The van der Waals surface area contributed by atoms with Gasteiger partial charge in [-0.3, -0.25) is 0 Å². The number of hydrogen-bond donors (Lipinski definition) is 1. The summed E-state index contributed by atoms with van der Waals surface area (Å²) in [6, 6.07) is 13.7. The van der Waals surface area contributed by atoms with E-state index < -0.39 is 27.2 Å². The van der Waals surface area contributed by atoms with E-state index in [-0.39, 0.29) is 0 Å². The fourth-order valence-electron chi connectivity index (χ4n) is 1.60. The molecule has 0 aliphatic rings. The molecule has 2 rings (SSSR count). The first-order chi connectivity index (χ1) is 8.58. The Balaban J connectivity index is 2.34. The van der Waals surface area contributed by atoms with Crippen LogP contribution in [0.2, 0.25) is 0 Å². The van der Waals surface area contributed by atoms with E-state index in [9.17, 15) is 4.79 Å². The third-order valence-corrected chi connectivity index (χ3v) is 5.60. The van der Waals surface area contributed by atoms with Gasteiger partial charge in [-0.1, -0.05) is 0 Å². The number of aromatic carboxylic acids is 1. The zero-order chi connectivity index (χ0) is 13.1. The maximum absolute atomic E-state index is 11.2. The van der Waals surface area contributed by atoms with E-state index in [2.05, 4.69) is 32.0 Å². The number of rotatable bonds is 3. The minimum absolute atomic E-state index is 0.434. The van der Waals surface area contributed by atoms with Gasteiger partial charge >= 0.3 is 117 Å². The van der Waals surface area contributed by atoms with Gasteiger partial charge in [0.1, 0.15) is 0 Å². The van der Waals surface area contributed by atoms with Gasteiger partial charge in [0.2, 0.25) is 0 Å². The fourth-order valence-corrected chi connectivity index (χ4v) is 4.34. The van der Waals surface area contributed by atoms with Crippen molar-refractivity contribution in [2.45, 2.75) is 13.8 Å². The number of hydrogen-bond acceptors (Lipinski definition) is 1. The summed E-state index contributed by atoms with van der Waals surface area (Å²) in [7, 11) is 0. The average Bonchev–Trinajstić information content (AvgIpc) is 2.34. The van der Waals surface area contributed by atoms with Gasteiger partial charge in [0.25, 0.3) is 0 Å². The van der Waals surface area contributed by atoms with Crippen LogP contribution >= 0.6 is 0 Å². The summed E-state index contributed by atoms with van der Waals surface area (Å²) in [5.41, 5.74) is 2.97. The third-order valence-electron chi connectivity index (χ3n) is 2.78. The van der Waals surface area contributed by atoms with E-state index in [0.29, 0.717) is 5.56 Å². The molecule has 0 heterocycles. The van der Waals surface area contributed by atoms with Crippen LogP contribution in [0.3, 0.4) is 0 Å². The van der Waals surface area contributed by atoms with Crippen LogP contribution in [0, 0.1) is 21.0 Å². The molecule has 94 valence electrons. The van der Waals surface area contributed by atoms with Crippen molar-refractivity contribution in [3.05, 3.63) is 66.3 Å². The van der Waals surface area contributed by atoms with Gasteiger partial charge < -0.3 is 0 Å². The van der Waals surface area contributed by atoms with Crippen molar-refractivity contribution in [2.75, 3.05) is 0 Å². The van der Waals surface area contributed by atoms with Gasteiger partial charge in [-0.15, -0.1) is 0 Å². The number of halogens is 1. The molecule has 0 radical (unpaired) electrons. The van der Waals surface area contributed by atoms with E-state index >= 15 is 0 Å². The van der Waals surface area contributed by atoms with Crippen LogP contribution in [0.15, 0.2) is 42.5 Å². The molecule has 0 saturated carbocycles. The first-order valence-electron chi connectivity index (χ1n) is 5.62. The second kappa shape index (κ2) is 5.52. The van der Waals surface area contributed by atoms with E-state index in [4.69, 9.17) is 5.11 Å². The van der Waals surface area contributed by atoms with Crippen molar-refractivity contribution in [2.24, 2.45) is 0 Å². The Bertz CT molecular complexity index is 591. The molecule has 18 heavy (non-hydrogen) atoms. The number of carbonyl (C=O) groups is 1. The Kier molecular flexibility index (Phi) is 4.01. The standard InChI is InChI=1S/C15H14IO2/c1-10-7-8-12(9-11(10)2)16-14-6-4-3-5-13(14)15(17)18/h3-9H,1-2H3,(H,17,18)/q-1. The number of benzene rings is 2. The molecule has 0 bridgehead atoms. The van der Waals surface area contributed by atoms with Crippen LogP contribution in [0.1, 0.15) is 21.5 Å². The first-order valence-corrected chi connectivity index (χ1v) is 7.78. The van der Waals surface area contributed by atoms with Gasteiger partial charge in [-0.2, -0.15) is 0 Å². The Morgan fingerprint density at radius 3 is 2.44 bits per heavy atom. The average molecular weight is 353 g/mol. The summed E-state index contributed by atoms with van der Waals surface area (Å²) < 4.78 is 2.22. The SMILES string of the molecule is Cc1ccc([I-]c2ccccc2C(=O)O)cc1C. The molecule has 0 atom stereocenters. The molecule has 0 unspecified atom stereocenters. The molecule has 2 nitrogen and oxygen atoms in total. The van der Waals surface area contributed by atoms with Gasteiger partial charge in [0.05, 0.1) is 0 Å². The molecule has 0 aromatic heterocycles. The monoisotopic (exact) mass is 353 g/mol. The zero-order valence-corrected chi connectivity index (χ0v) is 12.4. The topological polar surface area (TPSA) is 37.3 Å². The molecule has 0 aliphatic heterocycles. The minimum atomic E-state index is -0.839. The van der Waals surface area contributed by atoms with Crippen molar-refractivity contribution in [1.82, 2.24) is 0 Å². The molecular formula is C15H14IO2-. The molecule has 0 amide bonds. The van der Waals surface area contributed by atoms with Crippen molar-refractivity contribution in [1.29, 1.82) is 0 Å². The molecule has 0 saturated heterocycles. The summed E-state index contributed by atoms with van der Waals surface area (Å²) in [6.07, 6.45) is 0. The van der Waals surface area contributed by atoms with Crippen molar-refractivity contribution in [3.63, 3.8) is 0 Å². The predicted octanol–water partition coefficient (Wildman–Crippen LogP) is 0.130. The van der Waals surface area contributed by atoms with Gasteiger partial charge in [0, 0.05) is 0 Å². The van der Waals surface area contributed by atoms with Crippen LogP contribution < -0.4 is 21.2 Å². The Morgan fingerprint density at radius 2 is 1.78 bits per heavy atom. The zero-order valence-electron chi connectivity index (χ0n) is 10.3. The van der Waals surface area contributed by atoms with Crippen molar-refractivity contribution in [3.8, 4) is 0 Å². The van der Waals surface area contributed by atoms with Crippen LogP contribution in [0.5, 0.6) is 0 Å². The summed E-state index contributed by atoms with van der Waals surface area (Å²) in [4.78, 5) is 11.2. The van der Waals surface area contributed by atoms with Gasteiger partial charge in [0.15, 0.2) is 0 Å². The van der Waals surface area contributed by atoms with Crippen LogP contribution in [-0.2, 0) is 0 Å². The van der Waals surface area contributed by atoms with Crippen LogP contribution in [-0.4, -0.2) is 11.1 Å². The molecule has 2 aromatic rings. The first kappa shape index (κ1) is 13.1. The Hall–Kier alpha value is -1.36. The third kappa shape index (κ3) is 2.90. The molecule has 3 heteroatoms. The Labute approximate surface area is 117 Å². The van der Waals surface area contributed by atoms with Crippen molar-refractivity contribution < 1.29 is 31.1 Å². The number of carboxylic acids is 1. The summed E-state index contributed by atoms with van der Waals surface area (Å²) in [5, 5.41) is 9.16. The summed E-state index contributed by atoms with van der Waals surface area (Å²) in [6.45, 7) is 4.17. The fraction of sp³-hybridized carbons (Fsp3) is 0.133. The van der Waals surface area contributed by atoms with E-state index in [0.717, 1.165) is 3.57 Å². The van der Waals surface area contributed by atoms with Crippen LogP contribution in [0.4, 0.5) is 0 Å². The van der Waals surface area contributed by atoms with E-state index in [1.165, 1.54) is 14.7 Å². The molecule has 0 aliphatic carbocycles. The van der Waals surface area contributed by atoms with Gasteiger partial charge in [-0.25, -0.2) is 0 Å². The normalized spacial score (nSPS) is 10.6. The summed E-state index contributed by atoms with van der Waals surface area (Å²) >= 11 is -0.437. The van der Waals surface area contributed by atoms with E-state index in [1.54, 1.807) is 12.1 Å². The maximum atomic E-state index is 11.2. The molecule has 0 fully saturated rings. The van der Waals surface area contributed by atoms with Crippen molar-refractivity contribution >= 4 is 5.97 Å². The Morgan fingerprint density at radius 1 is 1.06 bits per heavy atom. The number of aryl methyl sites for hydroxylation is 2. The predicted molar refractivity (Wildman–Crippen MR) is 66.7 cm³/mol. The molecular weight excluding hydrogens is 339 g/mol. The quantitative estimate of drug-likeness (QED) is 0.797. The molecule has 0 spiro atoms. The van der Waals surface area contributed by atoms with Crippen LogP contribution in [0.25, 0.3) is 0 Å². The second-order valence-electron chi connectivity index (χ2n) is 4.11. The summed E-state index contributed by atoms with van der Waals surface area (Å²) in [5.74, 6) is -0.839. The molecule has 1 N–H and O–H groups in total. The second-order valence-corrected chi connectivity index (χ2v) is 7.06. The van der Waals surface area contributed by atoms with Gasteiger partial charge in [-0.05, 0) is 0 Å². The van der Waals surface area contributed by atoms with E-state index in [1.807, 2.05) is 12.1 Å².